The molecule has 0 radical (unpaired) electrons. The molecule has 0 aliphatic heterocycles. The minimum Gasteiger partial charge on any atom is -0.334 e. The van der Waals surface area contributed by atoms with E-state index in [-0.39, 0.29) is 0 Å². The van der Waals surface area contributed by atoms with E-state index >= 15 is 0 Å². The van der Waals surface area contributed by atoms with Gasteiger partial charge in [0.25, 0.3) is 0 Å². The van der Waals surface area contributed by atoms with Gasteiger partial charge < -0.3 is 9.88 Å². The van der Waals surface area contributed by atoms with Crippen LogP contribution in [0.1, 0.15) is 5.56 Å². The molecule has 1 N–H and O–H groups in total. The third kappa shape index (κ3) is 1.72. The highest BCUT2D eigenvalue weighted by molar-refractivity contribution is 5.83. The van der Waals surface area contributed by atoms with Crippen LogP contribution < -0.4 is 5.32 Å². The van der Waals surface area contributed by atoms with Gasteiger partial charge in [-0.15, -0.1) is 0 Å². The van der Waals surface area contributed by atoms with Crippen molar-refractivity contribution >= 4 is 10.9 Å². The minimum absolute atomic E-state index is 0.409. The maximum atomic E-state index is 8.69. The van der Waals surface area contributed by atoms with Gasteiger partial charge in [-0.05, 0) is 24.7 Å². The lowest BCUT2D eigenvalue weighted by Gasteiger charge is -2.03. The Morgan fingerprint density at radius 1 is 1.40 bits per heavy atom. The smallest absolute Gasteiger partial charge is 0.110 e. The molecule has 1 aromatic carbocycles. The fourth-order valence-corrected chi connectivity index (χ4v) is 1.85. The van der Waals surface area contributed by atoms with Crippen LogP contribution in [0.3, 0.4) is 0 Å². The fourth-order valence-electron chi connectivity index (χ4n) is 1.85. The van der Waals surface area contributed by atoms with Crippen LogP contribution in [0.5, 0.6) is 0 Å². The predicted octanol–water partition coefficient (Wildman–Crippen LogP) is 1.88. The van der Waals surface area contributed by atoms with E-state index in [0.29, 0.717) is 6.54 Å². The zero-order chi connectivity index (χ0) is 10.7. The Balaban J connectivity index is 2.54. The average molecular weight is 199 g/mol. The van der Waals surface area contributed by atoms with Gasteiger partial charge in [-0.2, -0.15) is 5.26 Å². The summed E-state index contributed by atoms with van der Waals surface area (Å²) in [6.07, 6.45) is 1.97. The first-order chi connectivity index (χ1) is 7.36. The van der Waals surface area contributed by atoms with E-state index in [1.807, 2.05) is 29.9 Å². The number of hydrogen-bond donors (Lipinski definition) is 1. The molecule has 2 aromatic rings. The van der Waals surface area contributed by atoms with Crippen molar-refractivity contribution in [1.29, 1.82) is 5.26 Å². The van der Waals surface area contributed by atoms with Gasteiger partial charge in [0.15, 0.2) is 0 Å². The number of nitrogens with one attached hydrogen (secondary N) is 1. The number of hydrogen-bond acceptors (Lipinski definition) is 2. The molecule has 1 heterocycles. The maximum Gasteiger partial charge on any atom is 0.110 e. The van der Waals surface area contributed by atoms with Crippen molar-refractivity contribution in [3.8, 4) is 6.07 Å². The topological polar surface area (TPSA) is 40.8 Å². The minimum atomic E-state index is 0.409. The summed E-state index contributed by atoms with van der Waals surface area (Å²) in [5.41, 5.74) is 2.40. The summed E-state index contributed by atoms with van der Waals surface area (Å²) in [4.78, 5) is 0. The van der Waals surface area contributed by atoms with Crippen molar-refractivity contribution in [3.63, 3.8) is 0 Å². The van der Waals surface area contributed by atoms with Crippen molar-refractivity contribution in [1.82, 2.24) is 9.88 Å². The summed E-state index contributed by atoms with van der Waals surface area (Å²) in [6, 6.07) is 10.4. The van der Waals surface area contributed by atoms with Crippen molar-refractivity contribution < 1.29 is 0 Å². The third-order valence-corrected chi connectivity index (χ3v) is 2.51. The summed E-state index contributed by atoms with van der Waals surface area (Å²) in [6.45, 7) is 1.26. The zero-order valence-electron chi connectivity index (χ0n) is 8.70. The van der Waals surface area contributed by atoms with E-state index in [1.54, 1.807) is 0 Å². The number of aromatic nitrogens is 1. The molecule has 2 rings (SSSR count). The van der Waals surface area contributed by atoms with Crippen molar-refractivity contribution in [3.05, 3.63) is 36.0 Å². The van der Waals surface area contributed by atoms with Crippen molar-refractivity contribution in [2.75, 3.05) is 7.05 Å². The van der Waals surface area contributed by atoms with E-state index < -0.39 is 0 Å². The second-order valence-electron chi connectivity index (χ2n) is 3.48. The van der Waals surface area contributed by atoms with Crippen LogP contribution in [0.4, 0.5) is 0 Å². The van der Waals surface area contributed by atoms with Gasteiger partial charge in [-0.25, -0.2) is 0 Å². The Labute approximate surface area is 88.9 Å². The highest BCUT2D eigenvalue weighted by atomic mass is 14.9. The maximum absolute atomic E-state index is 8.69. The van der Waals surface area contributed by atoms with Crippen molar-refractivity contribution in [2.24, 2.45) is 0 Å². The van der Waals surface area contributed by atoms with Gasteiger partial charge in [0.2, 0.25) is 0 Å². The molecular formula is C12H13N3. The van der Waals surface area contributed by atoms with E-state index in [9.17, 15) is 0 Å². The highest BCUT2D eigenvalue weighted by Gasteiger charge is 2.03. The Bertz CT molecular complexity index is 505. The number of nitrogens with zero attached hydrogens (tertiary/aromatic N) is 2. The fraction of sp³-hybridized carbons (Fsp3) is 0.250. The molecule has 3 heteroatoms. The third-order valence-electron chi connectivity index (χ3n) is 2.51. The molecule has 76 valence electrons. The molecule has 0 saturated carbocycles. The van der Waals surface area contributed by atoms with E-state index in [2.05, 4.69) is 23.5 Å². The molecule has 0 fully saturated rings. The van der Waals surface area contributed by atoms with Gasteiger partial charge >= 0.3 is 0 Å². The van der Waals surface area contributed by atoms with Crippen LogP contribution in [0.2, 0.25) is 0 Å². The predicted molar refractivity (Wildman–Crippen MR) is 60.3 cm³/mol. The Morgan fingerprint density at radius 2 is 2.27 bits per heavy atom. The standard InChI is InChI=1S/C12H13N3/c1-14-9-10-3-2-4-12-11(10)5-7-15(12)8-6-13/h2-5,7,14H,8-9H2,1H3. The summed E-state index contributed by atoms with van der Waals surface area (Å²) in [5, 5.41) is 13.1. The van der Waals surface area contributed by atoms with Crippen LogP contribution in [0.15, 0.2) is 30.5 Å². The molecule has 0 atom stereocenters. The van der Waals surface area contributed by atoms with E-state index in [1.165, 1.54) is 10.9 Å². The summed E-state index contributed by atoms with van der Waals surface area (Å²) < 4.78 is 1.97. The Kier molecular flexibility index (Phi) is 2.70. The van der Waals surface area contributed by atoms with Gasteiger partial charge in [-0.3, -0.25) is 0 Å². The molecule has 15 heavy (non-hydrogen) atoms. The average Bonchev–Trinajstić information content (AvgIpc) is 2.64. The normalized spacial score (nSPS) is 10.4. The summed E-state index contributed by atoms with van der Waals surface area (Å²) in [5.74, 6) is 0. The molecule has 0 amide bonds. The Hall–Kier alpha value is -1.79. The molecule has 0 aliphatic rings. The monoisotopic (exact) mass is 199 g/mol. The lowest BCUT2D eigenvalue weighted by atomic mass is 10.1. The molecular weight excluding hydrogens is 186 g/mol. The van der Waals surface area contributed by atoms with E-state index in [0.717, 1.165) is 12.1 Å². The van der Waals surface area contributed by atoms with Crippen LogP contribution in [0.25, 0.3) is 10.9 Å². The first-order valence-corrected chi connectivity index (χ1v) is 4.95. The first-order valence-electron chi connectivity index (χ1n) is 4.95. The first kappa shape index (κ1) is 9.75. The quantitative estimate of drug-likeness (QED) is 0.820. The highest BCUT2D eigenvalue weighted by Crippen LogP contribution is 2.19. The van der Waals surface area contributed by atoms with E-state index in [4.69, 9.17) is 5.26 Å². The van der Waals surface area contributed by atoms with Gasteiger partial charge in [0.05, 0.1) is 6.07 Å². The summed E-state index contributed by atoms with van der Waals surface area (Å²) >= 11 is 0. The molecule has 0 unspecified atom stereocenters. The number of fused-ring (bicyclic) bond motifs is 1. The summed E-state index contributed by atoms with van der Waals surface area (Å²) in [7, 11) is 1.94. The number of benzene rings is 1. The molecule has 3 nitrogen and oxygen atoms in total. The molecule has 0 spiro atoms. The number of nitriles is 1. The van der Waals surface area contributed by atoms with Crippen LogP contribution in [0, 0.1) is 11.3 Å². The van der Waals surface area contributed by atoms with Gasteiger partial charge in [-0.1, -0.05) is 12.1 Å². The SMILES string of the molecule is CNCc1cccc2c1ccn2CC#N. The van der Waals surface area contributed by atoms with Gasteiger partial charge in [0.1, 0.15) is 6.54 Å². The molecule has 0 bridgehead atoms. The molecule has 0 aliphatic carbocycles. The zero-order valence-corrected chi connectivity index (χ0v) is 8.70. The van der Waals surface area contributed by atoms with Crippen LogP contribution in [-0.2, 0) is 13.1 Å². The largest absolute Gasteiger partial charge is 0.334 e. The molecule has 0 saturated heterocycles. The van der Waals surface area contributed by atoms with Crippen molar-refractivity contribution in [2.45, 2.75) is 13.1 Å². The lowest BCUT2D eigenvalue weighted by molar-refractivity contribution is 0.823. The van der Waals surface area contributed by atoms with Gasteiger partial charge in [0, 0.05) is 23.6 Å². The molecule has 1 aromatic heterocycles. The number of rotatable bonds is 3. The van der Waals surface area contributed by atoms with Crippen LogP contribution >= 0.6 is 0 Å². The second-order valence-corrected chi connectivity index (χ2v) is 3.48. The lowest BCUT2D eigenvalue weighted by Crippen LogP contribution is -2.05. The second kappa shape index (κ2) is 4.16. The Morgan fingerprint density at radius 3 is 3.00 bits per heavy atom. The van der Waals surface area contributed by atoms with Crippen LogP contribution in [-0.4, -0.2) is 11.6 Å².